The molecule has 0 radical (unpaired) electrons. The Hall–Kier alpha value is -1.61. The molecule has 0 aromatic heterocycles. The number of primary amides is 1. The predicted octanol–water partition coefficient (Wildman–Crippen LogP) is 2.89. The monoisotopic (exact) mass is 523 g/mol. The maximum Gasteiger partial charge on any atom is 0.247 e. The molecule has 5 aliphatic carbocycles. The lowest BCUT2D eigenvalue weighted by Gasteiger charge is -2.59. The van der Waals surface area contributed by atoms with E-state index in [9.17, 15) is 18.0 Å². The van der Waals surface area contributed by atoms with E-state index in [1.54, 1.807) is 18.2 Å². The van der Waals surface area contributed by atoms with Crippen LogP contribution >= 0.6 is 15.9 Å². The average Bonchev–Trinajstić information content (AvgIpc) is 3.22. The highest BCUT2D eigenvalue weighted by Crippen LogP contribution is 2.60. The van der Waals surface area contributed by atoms with Crippen LogP contribution in [0.15, 0.2) is 28.7 Å². The number of anilines is 1. The Morgan fingerprint density at radius 1 is 1.06 bits per heavy atom. The van der Waals surface area contributed by atoms with Gasteiger partial charge in [-0.15, -0.1) is 0 Å². The van der Waals surface area contributed by atoms with Gasteiger partial charge in [-0.2, -0.15) is 0 Å². The van der Waals surface area contributed by atoms with Crippen molar-refractivity contribution in [1.82, 2.24) is 5.32 Å². The van der Waals surface area contributed by atoms with Crippen molar-refractivity contribution in [3.05, 3.63) is 28.7 Å². The number of nitrogens with zero attached hydrogens (tertiary/aromatic N) is 1. The van der Waals surface area contributed by atoms with Crippen LogP contribution in [0.4, 0.5) is 5.69 Å². The zero-order valence-corrected chi connectivity index (χ0v) is 20.4. The number of hydrogen-bond donors (Lipinski definition) is 3. The maximum atomic E-state index is 13.9. The van der Waals surface area contributed by atoms with E-state index in [0.29, 0.717) is 28.9 Å². The normalized spacial score (nSPS) is 34.6. The van der Waals surface area contributed by atoms with Crippen LogP contribution in [-0.2, 0) is 20.5 Å². The van der Waals surface area contributed by atoms with E-state index < -0.39 is 21.8 Å². The molecule has 7 nitrogen and oxygen atoms in total. The highest BCUT2D eigenvalue weighted by molar-refractivity contribution is 9.10. The van der Waals surface area contributed by atoms with Crippen molar-refractivity contribution >= 4 is 44.3 Å². The summed E-state index contributed by atoms with van der Waals surface area (Å²) in [4.78, 5) is 26.1. The smallest absolute Gasteiger partial charge is 0.247 e. The molecule has 5 saturated carbocycles. The lowest BCUT2D eigenvalue weighted by atomic mass is 9.47. The van der Waals surface area contributed by atoms with Crippen molar-refractivity contribution in [2.45, 2.75) is 69.4 Å². The third-order valence-electron chi connectivity index (χ3n) is 8.60. The fourth-order valence-electron chi connectivity index (χ4n) is 7.44. The zero-order valence-electron chi connectivity index (χ0n) is 18.0. The van der Waals surface area contributed by atoms with E-state index >= 15 is 0 Å². The third-order valence-corrected chi connectivity index (χ3v) is 10.2. The van der Waals surface area contributed by atoms with E-state index in [1.807, 2.05) is 6.07 Å². The number of thiol groups is 1. The molecule has 2 amide bonds. The molecular weight excluding hydrogens is 494 g/mol. The standard InChI is InChI=1S/C23H30BrN3O4S/c24-17-5-1-2-6-18(17)27(32(30)31)23(7-3-4-8-23)21(29)26-19-15-9-14-10-16(19)13-22(11-14,12-15)20(25)28/h1-2,5-6,14-16,19,32H,3-4,7-13H2,(H2,25,28)(H,26,29). The molecule has 4 bridgehead atoms. The first kappa shape index (κ1) is 22.2. The number of nitrogens with one attached hydrogen (secondary N) is 1. The SMILES string of the molecule is NC(=O)C12CC3CC(C1)C(NC(=O)C1(N(c4ccccc4Br)[SH](=O)=O)CCCC1)C(C3)C2. The van der Waals surface area contributed by atoms with Crippen LogP contribution in [0, 0.1) is 23.2 Å². The van der Waals surface area contributed by atoms with E-state index in [4.69, 9.17) is 5.73 Å². The second-order valence-corrected chi connectivity index (χ2v) is 12.1. The first-order chi connectivity index (χ1) is 15.3. The van der Waals surface area contributed by atoms with Crippen LogP contribution in [-0.4, -0.2) is 31.8 Å². The molecule has 2 atom stereocenters. The van der Waals surface area contributed by atoms with Crippen molar-refractivity contribution in [3.63, 3.8) is 0 Å². The highest BCUT2D eigenvalue weighted by Gasteiger charge is 2.59. The number of carbonyl (C=O) groups excluding carboxylic acids is 2. The number of para-hydroxylation sites is 1. The highest BCUT2D eigenvalue weighted by atomic mass is 79.9. The van der Waals surface area contributed by atoms with E-state index in [-0.39, 0.29) is 29.7 Å². The largest absolute Gasteiger partial charge is 0.369 e. The van der Waals surface area contributed by atoms with Crippen LogP contribution in [0.25, 0.3) is 0 Å². The molecule has 174 valence electrons. The number of rotatable bonds is 6. The van der Waals surface area contributed by atoms with E-state index in [1.165, 1.54) is 4.31 Å². The summed E-state index contributed by atoms with van der Waals surface area (Å²) in [6.45, 7) is 0. The number of nitrogens with two attached hydrogens (primary N) is 1. The molecule has 9 heteroatoms. The van der Waals surface area contributed by atoms with Crippen LogP contribution in [0.3, 0.4) is 0 Å². The molecule has 0 spiro atoms. The molecule has 32 heavy (non-hydrogen) atoms. The minimum absolute atomic E-state index is 0.0189. The van der Waals surface area contributed by atoms with Gasteiger partial charge in [-0.3, -0.25) is 13.9 Å². The molecule has 1 aromatic rings. The molecule has 5 fully saturated rings. The van der Waals surface area contributed by atoms with Crippen LogP contribution in [0.1, 0.15) is 57.8 Å². The van der Waals surface area contributed by atoms with Crippen molar-refractivity contribution in [1.29, 1.82) is 0 Å². The fraction of sp³-hybridized carbons (Fsp3) is 0.652. The Morgan fingerprint density at radius 3 is 2.25 bits per heavy atom. The molecule has 3 N–H and O–H groups in total. The summed E-state index contributed by atoms with van der Waals surface area (Å²) in [7, 11) is -3.02. The number of benzene rings is 1. The first-order valence-corrected chi connectivity index (χ1v) is 13.5. The van der Waals surface area contributed by atoms with Gasteiger partial charge in [0.05, 0.1) is 5.69 Å². The van der Waals surface area contributed by atoms with Gasteiger partial charge in [-0.05, 0) is 90.8 Å². The van der Waals surface area contributed by atoms with E-state index in [0.717, 1.165) is 44.9 Å². The molecule has 1 aromatic carbocycles. The van der Waals surface area contributed by atoms with Gasteiger partial charge in [-0.25, -0.2) is 8.42 Å². The number of carbonyl (C=O) groups is 2. The minimum atomic E-state index is -3.02. The maximum absolute atomic E-state index is 13.9. The van der Waals surface area contributed by atoms with Crippen molar-refractivity contribution < 1.29 is 18.0 Å². The van der Waals surface area contributed by atoms with Gasteiger partial charge >= 0.3 is 0 Å². The Bertz CT molecular complexity index is 998. The summed E-state index contributed by atoms with van der Waals surface area (Å²) in [6.07, 6.45) is 6.98. The second-order valence-electron chi connectivity index (χ2n) is 10.4. The van der Waals surface area contributed by atoms with Crippen molar-refractivity contribution in [3.8, 4) is 0 Å². The number of hydrogen-bond acceptors (Lipinski definition) is 4. The van der Waals surface area contributed by atoms with Gasteiger partial charge < -0.3 is 11.1 Å². The molecule has 0 aliphatic heterocycles. The Kier molecular flexibility index (Phi) is 5.55. The van der Waals surface area contributed by atoms with Gasteiger partial charge in [0.2, 0.25) is 22.7 Å². The molecule has 6 rings (SSSR count). The van der Waals surface area contributed by atoms with Gasteiger partial charge in [0.15, 0.2) is 0 Å². The summed E-state index contributed by atoms with van der Waals surface area (Å²) < 4.78 is 27.0. The topological polar surface area (TPSA) is 110 Å². The molecule has 2 unspecified atom stereocenters. The summed E-state index contributed by atoms with van der Waals surface area (Å²) in [5, 5.41) is 3.31. The minimum Gasteiger partial charge on any atom is -0.369 e. The summed E-state index contributed by atoms with van der Waals surface area (Å²) in [5.41, 5.74) is 4.77. The van der Waals surface area contributed by atoms with Crippen molar-refractivity contribution in [2.75, 3.05) is 4.31 Å². The molecule has 0 saturated heterocycles. The molecule has 0 heterocycles. The second kappa shape index (κ2) is 8.01. The lowest BCUT2D eigenvalue weighted by Crippen LogP contribution is -2.65. The zero-order chi connectivity index (χ0) is 22.7. The fourth-order valence-corrected chi connectivity index (χ4v) is 8.99. The van der Waals surface area contributed by atoms with Gasteiger partial charge in [0.25, 0.3) is 0 Å². The van der Waals surface area contributed by atoms with Gasteiger partial charge in [0, 0.05) is 15.9 Å². The van der Waals surface area contributed by atoms with E-state index in [2.05, 4.69) is 21.2 Å². The van der Waals surface area contributed by atoms with Crippen LogP contribution < -0.4 is 15.4 Å². The van der Waals surface area contributed by atoms with Crippen LogP contribution in [0.5, 0.6) is 0 Å². The third kappa shape index (κ3) is 3.38. The Labute approximate surface area is 198 Å². The molecular formula is C23H30BrN3O4S. The first-order valence-electron chi connectivity index (χ1n) is 11.6. The van der Waals surface area contributed by atoms with Gasteiger partial charge in [0.1, 0.15) is 5.54 Å². The lowest BCUT2D eigenvalue weighted by molar-refractivity contribution is -0.148. The predicted molar refractivity (Wildman–Crippen MR) is 125 cm³/mol. The van der Waals surface area contributed by atoms with Gasteiger partial charge in [-0.1, -0.05) is 25.0 Å². The average molecular weight is 524 g/mol. The number of halogens is 1. The summed E-state index contributed by atoms with van der Waals surface area (Å²) >= 11 is 3.47. The summed E-state index contributed by atoms with van der Waals surface area (Å²) in [6, 6.07) is 7.13. The number of amides is 2. The quantitative estimate of drug-likeness (QED) is 0.498. The Balaban J connectivity index is 1.45. The van der Waals surface area contributed by atoms with Crippen LogP contribution in [0.2, 0.25) is 0 Å². The van der Waals surface area contributed by atoms with Crippen molar-refractivity contribution in [2.24, 2.45) is 28.9 Å². The Morgan fingerprint density at radius 2 is 1.69 bits per heavy atom. The molecule has 5 aliphatic rings. The summed E-state index contributed by atoms with van der Waals surface area (Å²) in [5.74, 6) is 0.567.